The van der Waals surface area contributed by atoms with Gasteiger partial charge >= 0.3 is 0 Å². The third kappa shape index (κ3) is 1.60. The maximum atomic E-state index is 11.0. The number of hydrogen-bond donors (Lipinski definition) is 2. The van der Waals surface area contributed by atoms with E-state index < -0.39 is 0 Å². The molecule has 0 aliphatic carbocycles. The van der Waals surface area contributed by atoms with Crippen LogP contribution in [0.25, 0.3) is 0 Å². The fourth-order valence-electron chi connectivity index (χ4n) is 1.50. The van der Waals surface area contributed by atoms with E-state index in [0.29, 0.717) is 17.7 Å². The molecule has 5 nitrogen and oxygen atoms in total. The summed E-state index contributed by atoms with van der Waals surface area (Å²) >= 11 is 4.98. The van der Waals surface area contributed by atoms with E-state index >= 15 is 0 Å². The van der Waals surface area contributed by atoms with E-state index in [1.165, 1.54) is 6.07 Å². The second-order valence-electron chi connectivity index (χ2n) is 3.18. The van der Waals surface area contributed by atoms with Gasteiger partial charge in [0.2, 0.25) is 5.91 Å². The molecule has 2 N–H and O–H groups in total. The summed E-state index contributed by atoms with van der Waals surface area (Å²) in [6.45, 7) is 0.569. The van der Waals surface area contributed by atoms with Gasteiger partial charge in [0.15, 0.2) is 4.77 Å². The van der Waals surface area contributed by atoms with Crippen LogP contribution in [-0.2, 0) is 4.79 Å². The molecule has 1 aliphatic rings. The molecule has 0 saturated carbocycles. The van der Waals surface area contributed by atoms with Crippen molar-refractivity contribution >= 4 is 18.1 Å². The van der Waals surface area contributed by atoms with Crippen LogP contribution in [0.3, 0.4) is 0 Å². The lowest BCUT2D eigenvalue weighted by Gasteiger charge is -2.11. The highest BCUT2D eigenvalue weighted by Crippen LogP contribution is 2.14. The number of H-pyrrole nitrogens is 1. The molecule has 1 unspecified atom stereocenters. The topological polar surface area (TPSA) is 66.9 Å². The van der Waals surface area contributed by atoms with E-state index in [4.69, 9.17) is 12.2 Å². The zero-order valence-electron chi connectivity index (χ0n) is 7.32. The van der Waals surface area contributed by atoms with Crippen LogP contribution in [0.1, 0.15) is 12.5 Å². The Morgan fingerprint density at radius 1 is 1.50 bits per heavy atom. The Bertz CT molecular complexity index is 476. The van der Waals surface area contributed by atoms with Gasteiger partial charge in [0.1, 0.15) is 0 Å². The Morgan fingerprint density at radius 2 is 2.29 bits per heavy atom. The maximum Gasteiger partial charge on any atom is 0.251 e. The zero-order valence-corrected chi connectivity index (χ0v) is 8.13. The number of carbonyl (C=O) groups excluding carboxylic acids is 1. The van der Waals surface area contributed by atoms with Crippen molar-refractivity contribution in [3.05, 3.63) is 27.4 Å². The van der Waals surface area contributed by atoms with E-state index in [1.807, 2.05) is 0 Å². The van der Waals surface area contributed by atoms with Gasteiger partial charge < -0.3 is 9.88 Å². The minimum Gasteiger partial charge on any atom is -0.354 e. The quantitative estimate of drug-likeness (QED) is 0.641. The summed E-state index contributed by atoms with van der Waals surface area (Å²) in [4.78, 5) is 24.4. The van der Waals surface area contributed by atoms with E-state index in [0.717, 1.165) is 0 Å². The van der Waals surface area contributed by atoms with Crippen LogP contribution >= 0.6 is 12.2 Å². The van der Waals surface area contributed by atoms with E-state index in [-0.39, 0.29) is 17.5 Å². The Morgan fingerprint density at radius 3 is 2.86 bits per heavy atom. The summed E-state index contributed by atoms with van der Waals surface area (Å²) in [7, 11) is 0. The third-order valence-corrected chi connectivity index (χ3v) is 2.51. The molecule has 1 atom stereocenters. The highest BCUT2D eigenvalue weighted by Gasteiger charge is 2.22. The summed E-state index contributed by atoms with van der Waals surface area (Å²) in [6.07, 6.45) is 2.03. The van der Waals surface area contributed by atoms with Crippen molar-refractivity contribution in [2.75, 3.05) is 6.54 Å². The van der Waals surface area contributed by atoms with Crippen LogP contribution in [-0.4, -0.2) is 22.0 Å². The predicted octanol–water partition coefficient (Wildman–Crippen LogP) is -0.0331. The van der Waals surface area contributed by atoms with Gasteiger partial charge in [0.05, 0.1) is 6.04 Å². The molecule has 6 heteroatoms. The summed E-state index contributed by atoms with van der Waals surface area (Å²) in [5, 5.41) is 2.71. The number of hydrogen-bond acceptors (Lipinski definition) is 3. The molecule has 1 aromatic rings. The first-order valence-corrected chi connectivity index (χ1v) is 4.66. The zero-order chi connectivity index (χ0) is 10.1. The Labute approximate surface area is 84.8 Å². The highest BCUT2D eigenvalue weighted by atomic mass is 32.1. The molecule has 0 aromatic carbocycles. The first-order valence-electron chi connectivity index (χ1n) is 4.25. The van der Waals surface area contributed by atoms with Gasteiger partial charge in [-0.3, -0.25) is 14.6 Å². The molecule has 2 heterocycles. The molecule has 1 aromatic heterocycles. The molecule has 14 heavy (non-hydrogen) atoms. The lowest BCUT2D eigenvalue weighted by Crippen LogP contribution is -2.18. The van der Waals surface area contributed by atoms with Crippen LogP contribution in [0.15, 0.2) is 17.1 Å². The number of aromatic nitrogens is 2. The number of aromatic amines is 1. The van der Waals surface area contributed by atoms with Gasteiger partial charge in [0, 0.05) is 25.2 Å². The average Bonchev–Trinajstić information content (AvgIpc) is 2.51. The third-order valence-electron chi connectivity index (χ3n) is 2.20. The maximum absolute atomic E-state index is 11.0. The van der Waals surface area contributed by atoms with Crippen molar-refractivity contribution in [2.24, 2.45) is 0 Å². The monoisotopic (exact) mass is 211 g/mol. The second-order valence-corrected chi connectivity index (χ2v) is 3.57. The van der Waals surface area contributed by atoms with E-state index in [2.05, 4.69) is 10.3 Å². The first-order chi connectivity index (χ1) is 6.66. The smallest absolute Gasteiger partial charge is 0.251 e. The van der Waals surface area contributed by atoms with Crippen molar-refractivity contribution in [2.45, 2.75) is 12.5 Å². The molecule has 74 valence electrons. The number of amides is 1. The molecule has 1 fully saturated rings. The summed E-state index contributed by atoms with van der Waals surface area (Å²) < 4.78 is 2.09. The molecule has 0 spiro atoms. The highest BCUT2D eigenvalue weighted by molar-refractivity contribution is 7.71. The van der Waals surface area contributed by atoms with E-state index in [1.54, 1.807) is 10.8 Å². The lowest BCUT2D eigenvalue weighted by molar-refractivity contribution is -0.119. The SMILES string of the molecule is O=C1CC(n2ccc(=O)[nH]c2=S)CN1. The number of nitrogens with one attached hydrogen (secondary N) is 2. The van der Waals surface area contributed by atoms with Crippen LogP contribution in [0, 0.1) is 4.77 Å². The van der Waals surface area contributed by atoms with Gasteiger partial charge in [-0.25, -0.2) is 0 Å². The van der Waals surface area contributed by atoms with Gasteiger partial charge in [-0.05, 0) is 12.2 Å². The van der Waals surface area contributed by atoms with Gasteiger partial charge in [0.25, 0.3) is 5.56 Å². The molecule has 1 saturated heterocycles. The molecule has 1 aliphatic heterocycles. The number of nitrogens with zero attached hydrogens (tertiary/aromatic N) is 1. The Kier molecular flexibility index (Phi) is 2.20. The molecule has 2 rings (SSSR count). The van der Waals surface area contributed by atoms with Gasteiger partial charge in [-0.1, -0.05) is 0 Å². The molecule has 0 radical (unpaired) electrons. The second kappa shape index (κ2) is 3.38. The Balaban J connectivity index is 2.38. The average molecular weight is 211 g/mol. The standard InChI is InChI=1S/C8H9N3O2S/c12-6-1-2-11(8(14)10-6)5-3-7(13)9-4-5/h1-2,5H,3-4H2,(H,9,13)(H,10,12,14). The number of rotatable bonds is 1. The summed E-state index contributed by atoms with van der Waals surface area (Å²) in [5.74, 6) is 0.0168. The van der Waals surface area contributed by atoms with Crippen molar-refractivity contribution in [1.82, 2.24) is 14.9 Å². The Hall–Kier alpha value is -1.43. The largest absolute Gasteiger partial charge is 0.354 e. The van der Waals surface area contributed by atoms with Crippen LogP contribution in [0.5, 0.6) is 0 Å². The van der Waals surface area contributed by atoms with Gasteiger partial charge in [-0.15, -0.1) is 0 Å². The summed E-state index contributed by atoms with van der Waals surface area (Å²) in [6, 6.07) is 1.42. The molecular weight excluding hydrogens is 202 g/mol. The first kappa shape index (κ1) is 9.14. The molecular formula is C8H9N3O2S. The fraction of sp³-hybridized carbons (Fsp3) is 0.375. The van der Waals surface area contributed by atoms with Gasteiger partial charge in [-0.2, -0.15) is 0 Å². The lowest BCUT2D eigenvalue weighted by atomic mass is 10.2. The normalized spacial score (nSPS) is 20.9. The summed E-state index contributed by atoms with van der Waals surface area (Å²) in [5.41, 5.74) is -0.219. The van der Waals surface area contributed by atoms with Crippen molar-refractivity contribution in [3.63, 3.8) is 0 Å². The minimum atomic E-state index is -0.219. The minimum absolute atomic E-state index is 0.0168. The van der Waals surface area contributed by atoms with E-state index in [9.17, 15) is 9.59 Å². The van der Waals surface area contributed by atoms with Crippen molar-refractivity contribution in [3.8, 4) is 0 Å². The van der Waals surface area contributed by atoms with Crippen LogP contribution < -0.4 is 10.9 Å². The predicted molar refractivity (Wildman–Crippen MR) is 52.6 cm³/mol. The van der Waals surface area contributed by atoms with Crippen LogP contribution in [0.4, 0.5) is 0 Å². The van der Waals surface area contributed by atoms with Crippen molar-refractivity contribution < 1.29 is 4.79 Å². The van der Waals surface area contributed by atoms with Crippen molar-refractivity contribution in [1.29, 1.82) is 0 Å². The number of carbonyl (C=O) groups is 1. The molecule has 1 amide bonds. The molecule has 0 bridgehead atoms. The van der Waals surface area contributed by atoms with Crippen LogP contribution in [0.2, 0.25) is 0 Å². The fourth-order valence-corrected chi connectivity index (χ4v) is 1.81.